The number of rotatable bonds is 5. The molecule has 0 bridgehead atoms. The maximum Gasteiger partial charge on any atom is 0.147 e. The van der Waals surface area contributed by atoms with Crippen molar-refractivity contribution in [1.82, 2.24) is 9.97 Å². The molecule has 0 aliphatic carbocycles. The summed E-state index contributed by atoms with van der Waals surface area (Å²) in [6, 6.07) is 16.1. The van der Waals surface area contributed by atoms with Crippen LogP contribution in [0.5, 0.6) is 0 Å². The van der Waals surface area contributed by atoms with Crippen LogP contribution < -0.4 is 4.90 Å². The van der Waals surface area contributed by atoms with Gasteiger partial charge in [0.05, 0.1) is 17.8 Å². The Kier molecular flexibility index (Phi) is 5.36. The van der Waals surface area contributed by atoms with Crippen molar-refractivity contribution < 1.29 is 4.39 Å². The first kappa shape index (κ1) is 17.1. The van der Waals surface area contributed by atoms with Crippen LogP contribution >= 0.6 is 15.9 Å². The smallest absolute Gasteiger partial charge is 0.147 e. The van der Waals surface area contributed by atoms with E-state index in [1.165, 1.54) is 6.07 Å². The molecule has 0 saturated carbocycles. The number of aromatic nitrogens is 2. The van der Waals surface area contributed by atoms with E-state index in [4.69, 9.17) is 0 Å². The third-order valence-corrected chi connectivity index (χ3v) is 4.16. The lowest BCUT2D eigenvalue weighted by Gasteiger charge is -2.24. The molecule has 0 aliphatic heterocycles. The van der Waals surface area contributed by atoms with Gasteiger partial charge in [0.15, 0.2) is 0 Å². The van der Waals surface area contributed by atoms with Crippen LogP contribution in [0.25, 0.3) is 0 Å². The van der Waals surface area contributed by atoms with E-state index in [-0.39, 0.29) is 12.4 Å². The normalized spacial score (nSPS) is 10.3. The number of nitrogens with zero attached hydrogens (tertiary/aromatic N) is 4. The fourth-order valence-electron chi connectivity index (χ4n) is 2.48. The summed E-state index contributed by atoms with van der Waals surface area (Å²) < 4.78 is 15.0. The summed E-state index contributed by atoms with van der Waals surface area (Å²) in [4.78, 5) is 10.5. The molecule has 2 heterocycles. The van der Waals surface area contributed by atoms with Gasteiger partial charge in [-0.05, 0) is 36.4 Å². The van der Waals surface area contributed by atoms with Gasteiger partial charge in [-0.2, -0.15) is 5.26 Å². The van der Waals surface area contributed by atoms with Gasteiger partial charge in [-0.25, -0.2) is 9.37 Å². The zero-order valence-corrected chi connectivity index (χ0v) is 14.8. The minimum absolute atomic E-state index is 0.279. The maximum absolute atomic E-state index is 14.3. The first-order valence-electron chi connectivity index (χ1n) is 7.61. The van der Waals surface area contributed by atoms with Gasteiger partial charge in [-0.1, -0.05) is 28.1 Å². The second kappa shape index (κ2) is 7.86. The van der Waals surface area contributed by atoms with Crippen LogP contribution in [0, 0.1) is 17.1 Å². The van der Waals surface area contributed by atoms with Crippen LogP contribution in [-0.4, -0.2) is 9.97 Å². The Morgan fingerprint density at radius 3 is 2.60 bits per heavy atom. The monoisotopic (exact) mass is 396 g/mol. The first-order chi connectivity index (χ1) is 12.2. The summed E-state index contributed by atoms with van der Waals surface area (Å²) in [5.41, 5.74) is 1.78. The number of halogens is 2. The second-order valence-corrected chi connectivity index (χ2v) is 6.31. The zero-order chi connectivity index (χ0) is 17.6. The minimum atomic E-state index is -0.310. The number of hydrogen-bond donors (Lipinski definition) is 0. The molecular formula is C19H14BrFN4. The molecule has 6 heteroatoms. The molecule has 0 fully saturated rings. The van der Waals surface area contributed by atoms with Crippen LogP contribution in [0.1, 0.15) is 16.8 Å². The fourth-order valence-corrected chi connectivity index (χ4v) is 2.82. The van der Waals surface area contributed by atoms with Crippen molar-refractivity contribution in [3.63, 3.8) is 0 Å². The zero-order valence-electron chi connectivity index (χ0n) is 13.2. The highest BCUT2D eigenvalue weighted by Gasteiger charge is 2.16. The highest BCUT2D eigenvalue weighted by Crippen LogP contribution is 2.23. The van der Waals surface area contributed by atoms with Crippen LogP contribution in [0.2, 0.25) is 0 Å². The third kappa shape index (κ3) is 4.20. The van der Waals surface area contributed by atoms with E-state index in [0.717, 1.165) is 5.69 Å². The molecule has 2 aromatic heterocycles. The number of hydrogen-bond acceptors (Lipinski definition) is 4. The highest BCUT2D eigenvalue weighted by molar-refractivity contribution is 9.10. The Hall–Kier alpha value is -2.78. The molecule has 3 aromatic rings. The summed E-state index contributed by atoms with van der Waals surface area (Å²) in [7, 11) is 0. The lowest BCUT2D eigenvalue weighted by molar-refractivity contribution is 0.601. The van der Waals surface area contributed by atoms with E-state index in [2.05, 4.69) is 32.0 Å². The number of benzene rings is 1. The summed E-state index contributed by atoms with van der Waals surface area (Å²) >= 11 is 3.27. The molecule has 0 unspecified atom stereocenters. The lowest BCUT2D eigenvalue weighted by atomic mass is 10.1. The molecule has 124 valence electrons. The van der Waals surface area contributed by atoms with E-state index in [1.807, 2.05) is 23.1 Å². The van der Waals surface area contributed by atoms with Gasteiger partial charge in [0.2, 0.25) is 0 Å². The van der Waals surface area contributed by atoms with E-state index < -0.39 is 0 Å². The molecule has 0 spiro atoms. The summed E-state index contributed by atoms with van der Waals surface area (Å²) in [5, 5.41) is 9.38. The van der Waals surface area contributed by atoms with E-state index in [1.54, 1.807) is 36.7 Å². The van der Waals surface area contributed by atoms with E-state index >= 15 is 0 Å². The number of anilines is 1. The van der Waals surface area contributed by atoms with Gasteiger partial charge in [-0.3, -0.25) is 4.98 Å². The van der Waals surface area contributed by atoms with Crippen molar-refractivity contribution in [3.8, 4) is 6.07 Å². The molecule has 0 radical (unpaired) electrons. The average molecular weight is 397 g/mol. The minimum Gasteiger partial charge on any atom is -0.345 e. The van der Waals surface area contributed by atoms with Crippen molar-refractivity contribution in [2.45, 2.75) is 13.1 Å². The molecule has 0 atom stereocenters. The lowest BCUT2D eigenvalue weighted by Crippen LogP contribution is -2.25. The van der Waals surface area contributed by atoms with Gasteiger partial charge in [0, 0.05) is 29.0 Å². The average Bonchev–Trinajstić information content (AvgIpc) is 2.64. The molecule has 3 rings (SSSR count). The van der Waals surface area contributed by atoms with Crippen LogP contribution in [-0.2, 0) is 13.1 Å². The molecular weight excluding hydrogens is 383 g/mol. The first-order valence-corrected chi connectivity index (χ1v) is 8.40. The summed E-state index contributed by atoms with van der Waals surface area (Å²) in [6.45, 7) is 0.698. The molecule has 1 aromatic carbocycles. The molecule has 0 amide bonds. The molecule has 0 saturated heterocycles. The Bertz CT molecular complexity index is 909. The summed E-state index contributed by atoms with van der Waals surface area (Å²) in [6.07, 6.45) is 3.33. The van der Waals surface area contributed by atoms with Crippen molar-refractivity contribution >= 4 is 21.7 Å². The summed E-state index contributed by atoms with van der Waals surface area (Å²) in [5.74, 6) is 0.202. The quantitative estimate of drug-likeness (QED) is 0.638. The van der Waals surface area contributed by atoms with E-state index in [0.29, 0.717) is 28.0 Å². The van der Waals surface area contributed by atoms with Crippen LogP contribution in [0.3, 0.4) is 0 Å². The van der Waals surface area contributed by atoms with Crippen molar-refractivity contribution in [1.29, 1.82) is 5.26 Å². The van der Waals surface area contributed by atoms with Gasteiger partial charge in [0.1, 0.15) is 17.7 Å². The van der Waals surface area contributed by atoms with Gasteiger partial charge >= 0.3 is 0 Å². The molecule has 0 aliphatic rings. The Morgan fingerprint density at radius 1 is 1.04 bits per heavy atom. The fraction of sp³-hybridized carbons (Fsp3) is 0.105. The Labute approximate surface area is 153 Å². The largest absolute Gasteiger partial charge is 0.345 e. The molecule has 4 nitrogen and oxygen atoms in total. The number of pyridine rings is 2. The molecule has 0 N–H and O–H groups in total. The van der Waals surface area contributed by atoms with Crippen LogP contribution in [0.4, 0.5) is 10.2 Å². The molecule has 25 heavy (non-hydrogen) atoms. The second-order valence-electron chi connectivity index (χ2n) is 5.40. The SMILES string of the molecule is N#Cc1cccnc1N(Cc1ccccn1)Cc1ccc(Br)cc1F. The van der Waals surface area contributed by atoms with Gasteiger partial charge in [-0.15, -0.1) is 0 Å². The maximum atomic E-state index is 14.3. The topological polar surface area (TPSA) is 52.8 Å². The standard InChI is InChI=1S/C19H14BrFN4/c20-16-7-6-15(18(21)10-16)12-25(13-17-5-1-2-8-23-17)19-14(11-22)4-3-9-24-19/h1-10H,12-13H2. The van der Waals surface area contributed by atoms with Crippen molar-refractivity contribution in [3.05, 3.63) is 88.0 Å². The Morgan fingerprint density at radius 2 is 1.88 bits per heavy atom. The van der Waals surface area contributed by atoms with E-state index in [9.17, 15) is 9.65 Å². The van der Waals surface area contributed by atoms with Crippen molar-refractivity contribution in [2.75, 3.05) is 4.90 Å². The predicted molar refractivity (Wildman–Crippen MR) is 97.2 cm³/mol. The van der Waals surface area contributed by atoms with Gasteiger partial charge in [0.25, 0.3) is 0 Å². The van der Waals surface area contributed by atoms with Gasteiger partial charge < -0.3 is 4.90 Å². The van der Waals surface area contributed by atoms with Crippen molar-refractivity contribution in [2.24, 2.45) is 0 Å². The highest BCUT2D eigenvalue weighted by atomic mass is 79.9. The third-order valence-electron chi connectivity index (χ3n) is 3.66. The number of nitriles is 1. The Balaban J connectivity index is 1.98. The predicted octanol–water partition coefficient (Wildman–Crippen LogP) is 4.46. The van der Waals surface area contributed by atoms with Crippen LogP contribution in [0.15, 0.2) is 65.4 Å².